The van der Waals surface area contributed by atoms with Crippen molar-refractivity contribution in [3.8, 4) is 0 Å². The Kier molecular flexibility index (Phi) is 10.4. The first-order chi connectivity index (χ1) is 15.7. The first-order valence-corrected chi connectivity index (χ1v) is 12.0. The van der Waals surface area contributed by atoms with Crippen LogP contribution in [0.1, 0.15) is 50.8 Å². The number of carbonyl (C=O) groups excluding carboxylic acids is 2. The number of halogens is 1. The van der Waals surface area contributed by atoms with E-state index in [0.717, 1.165) is 24.1 Å². The summed E-state index contributed by atoms with van der Waals surface area (Å²) in [6, 6.07) is 13.8. The Morgan fingerprint density at radius 2 is 1.74 bits per heavy atom. The van der Waals surface area contributed by atoms with Gasteiger partial charge in [0.25, 0.3) is 5.91 Å². The average Bonchev–Trinajstić information content (AvgIpc) is 3.20. The monoisotopic (exact) mass is 486 g/mol. The van der Waals surface area contributed by atoms with Crippen LogP contribution in [0.4, 0.5) is 5.69 Å². The van der Waals surface area contributed by atoms with Crippen LogP contribution in [0.2, 0.25) is 5.02 Å². The number of aryl methyl sites for hydroxylation is 1. The third-order valence-corrected chi connectivity index (χ3v) is 6.28. The summed E-state index contributed by atoms with van der Waals surface area (Å²) < 4.78 is 0. The summed E-state index contributed by atoms with van der Waals surface area (Å²) in [4.78, 5) is 27.8. The molecule has 1 aliphatic heterocycles. The van der Waals surface area contributed by atoms with Crippen molar-refractivity contribution in [3.05, 3.63) is 64.2 Å². The van der Waals surface area contributed by atoms with Crippen LogP contribution in [-0.2, 0) is 22.7 Å². The molecule has 34 heavy (non-hydrogen) atoms. The Morgan fingerprint density at radius 1 is 1.09 bits per heavy atom. The first kappa shape index (κ1) is 27.7. The lowest BCUT2D eigenvalue weighted by Crippen LogP contribution is -2.48. The molecule has 1 N–H and O–H groups in total. The van der Waals surface area contributed by atoms with Crippen LogP contribution in [-0.4, -0.2) is 48.5 Å². The minimum atomic E-state index is -0.0860. The van der Waals surface area contributed by atoms with Gasteiger partial charge in [-0.3, -0.25) is 14.6 Å². The number of anilines is 1. The summed E-state index contributed by atoms with van der Waals surface area (Å²) in [6.07, 6.45) is 2.02. The molecule has 0 bridgehead atoms. The largest absolute Gasteiger partial charge is 0.355 e. The van der Waals surface area contributed by atoms with Gasteiger partial charge in [-0.05, 0) is 60.6 Å². The van der Waals surface area contributed by atoms with Crippen molar-refractivity contribution >= 4 is 29.1 Å². The normalized spacial score (nSPS) is 12.8. The molecule has 2 aromatic rings. The van der Waals surface area contributed by atoms with Gasteiger partial charge in [0.1, 0.15) is 0 Å². The molecule has 1 heterocycles. The molecule has 0 saturated carbocycles. The van der Waals surface area contributed by atoms with Crippen molar-refractivity contribution in [1.82, 2.24) is 15.3 Å². The van der Waals surface area contributed by atoms with Gasteiger partial charge >= 0.3 is 0 Å². The van der Waals surface area contributed by atoms with Crippen molar-refractivity contribution in [2.45, 2.75) is 54.1 Å². The zero-order chi connectivity index (χ0) is 24.0. The highest BCUT2D eigenvalue weighted by molar-refractivity contribution is 6.30. The molecule has 3 rings (SSSR count). The summed E-state index contributed by atoms with van der Waals surface area (Å²) in [5.74, 6) is 0.460. The zero-order valence-corrected chi connectivity index (χ0v) is 20.9. The first-order valence-electron chi connectivity index (χ1n) is 11.6. The van der Waals surface area contributed by atoms with Crippen molar-refractivity contribution in [2.24, 2.45) is 5.92 Å². The second-order valence-electron chi connectivity index (χ2n) is 9.18. The van der Waals surface area contributed by atoms with Gasteiger partial charge in [-0.1, -0.05) is 57.1 Å². The molecule has 0 unspecified atom stereocenters. The molecule has 0 aromatic heterocycles. The molecule has 7 heteroatoms. The summed E-state index contributed by atoms with van der Waals surface area (Å²) in [7, 11) is 1.80. The number of benzene rings is 2. The molecule has 0 aliphatic carbocycles. The predicted molar refractivity (Wildman–Crippen MR) is 141 cm³/mol. The van der Waals surface area contributed by atoms with Crippen LogP contribution in [0.15, 0.2) is 42.5 Å². The Morgan fingerprint density at radius 3 is 2.32 bits per heavy atom. The molecule has 0 radical (unpaired) electrons. The summed E-state index contributed by atoms with van der Waals surface area (Å²) in [5, 5.41) is 7.34. The molecule has 0 spiro atoms. The average molecular weight is 487 g/mol. The van der Waals surface area contributed by atoms with E-state index >= 15 is 0 Å². The highest BCUT2D eigenvalue weighted by Gasteiger charge is 2.27. The Labute approximate surface area is 209 Å². The molecule has 1 aliphatic rings. The number of fused-ring (bicyclic) bond motifs is 1. The summed E-state index contributed by atoms with van der Waals surface area (Å²) in [5.41, 5.74) is 4.24. The fraction of sp³-hybridized carbons (Fsp3) is 0.481. The summed E-state index contributed by atoms with van der Waals surface area (Å²) >= 11 is 6.14. The van der Waals surface area contributed by atoms with Gasteiger partial charge in [-0.15, -0.1) is 0 Å². The second-order valence-corrected chi connectivity index (χ2v) is 9.62. The minimum absolute atomic E-state index is 0. The van der Waals surface area contributed by atoms with Crippen molar-refractivity contribution in [2.75, 3.05) is 31.6 Å². The van der Waals surface area contributed by atoms with Gasteiger partial charge in [-0.2, -0.15) is 0 Å². The number of hydrogen-bond acceptors (Lipinski definition) is 4. The number of amides is 2. The fourth-order valence-electron chi connectivity index (χ4n) is 4.12. The molecular weight excluding hydrogens is 448 g/mol. The topological polar surface area (TPSA) is 55.9 Å². The maximum Gasteiger partial charge on any atom is 0.256 e. The van der Waals surface area contributed by atoms with E-state index in [4.69, 9.17) is 11.6 Å². The van der Waals surface area contributed by atoms with E-state index in [1.807, 2.05) is 41.1 Å². The number of carbonyl (C=O) groups is 2. The van der Waals surface area contributed by atoms with Gasteiger partial charge < -0.3 is 10.2 Å². The number of nitrogens with one attached hydrogen (secondary N) is 1. The van der Waals surface area contributed by atoms with Gasteiger partial charge in [0.05, 0.1) is 13.1 Å². The van der Waals surface area contributed by atoms with E-state index in [1.165, 1.54) is 11.1 Å². The van der Waals surface area contributed by atoms with Crippen molar-refractivity contribution in [3.63, 3.8) is 0 Å². The smallest absolute Gasteiger partial charge is 0.256 e. The van der Waals surface area contributed by atoms with Crippen LogP contribution in [0.25, 0.3) is 0 Å². The molecule has 0 atom stereocenters. The number of likely N-dealkylation sites (N-methyl/N-ethyl adjacent to an activating group) is 1. The van der Waals surface area contributed by atoms with Crippen LogP contribution in [0, 0.1) is 12.8 Å². The molecule has 0 saturated heterocycles. The molecule has 186 valence electrons. The molecule has 0 fully saturated rings. The highest BCUT2D eigenvalue weighted by atomic mass is 35.5. The van der Waals surface area contributed by atoms with Crippen LogP contribution in [0.5, 0.6) is 0 Å². The minimum Gasteiger partial charge on any atom is -0.355 e. The van der Waals surface area contributed by atoms with Gasteiger partial charge in [0.15, 0.2) is 0 Å². The SMILES string of the molecule is C.Cc1cc(Cl)ccc1N(CC(=O)NCCCC(C)C)CC(=O)N(C)N1Cc2ccccc2C1. The zero-order valence-electron chi connectivity index (χ0n) is 20.1. The van der Waals surface area contributed by atoms with E-state index in [1.54, 1.807) is 18.1 Å². The van der Waals surface area contributed by atoms with E-state index in [-0.39, 0.29) is 32.3 Å². The predicted octanol–water partition coefficient (Wildman–Crippen LogP) is 5.03. The molecule has 2 amide bonds. The Balaban J connectivity index is 0.00000408. The molecular formula is C27H39ClN4O2. The number of hydrazine groups is 1. The van der Waals surface area contributed by atoms with Crippen molar-refractivity contribution in [1.29, 1.82) is 0 Å². The summed E-state index contributed by atoms with van der Waals surface area (Å²) in [6.45, 7) is 8.56. The maximum absolute atomic E-state index is 13.2. The Hall–Kier alpha value is -2.57. The number of nitrogens with zero attached hydrogens (tertiary/aromatic N) is 3. The third-order valence-electron chi connectivity index (χ3n) is 6.05. The maximum atomic E-state index is 13.2. The number of hydrogen-bond donors (Lipinski definition) is 1. The second kappa shape index (κ2) is 12.8. The standard InChI is InChI=1S/C26H35ClN4O2.CH4/c1-19(2)8-7-13-28-25(32)17-30(24-12-11-23(27)14-20(24)3)18-26(33)29(4)31-15-21-9-5-6-10-22(21)16-31;/h5-6,9-12,14,19H,7-8,13,15-18H2,1-4H3,(H,28,32);1H4. The van der Waals surface area contributed by atoms with Crippen LogP contribution < -0.4 is 10.2 Å². The quantitative estimate of drug-likeness (QED) is 0.478. The van der Waals surface area contributed by atoms with Gasteiger partial charge in [0.2, 0.25) is 5.91 Å². The molecule has 6 nitrogen and oxygen atoms in total. The van der Waals surface area contributed by atoms with Crippen LogP contribution in [0.3, 0.4) is 0 Å². The van der Waals surface area contributed by atoms with E-state index in [2.05, 4.69) is 31.3 Å². The fourth-order valence-corrected chi connectivity index (χ4v) is 4.34. The lowest BCUT2D eigenvalue weighted by atomic mass is 10.1. The van der Waals surface area contributed by atoms with E-state index in [0.29, 0.717) is 30.6 Å². The highest BCUT2D eigenvalue weighted by Crippen LogP contribution is 2.25. The molecule has 2 aromatic carbocycles. The van der Waals surface area contributed by atoms with E-state index < -0.39 is 0 Å². The van der Waals surface area contributed by atoms with Crippen LogP contribution >= 0.6 is 11.6 Å². The third kappa shape index (κ3) is 7.47. The Bertz CT molecular complexity index is 954. The van der Waals surface area contributed by atoms with Gasteiger partial charge in [-0.25, -0.2) is 5.01 Å². The van der Waals surface area contributed by atoms with Gasteiger partial charge in [0, 0.05) is 37.4 Å². The lowest BCUT2D eigenvalue weighted by molar-refractivity contribution is -0.145. The number of rotatable bonds is 10. The lowest BCUT2D eigenvalue weighted by Gasteiger charge is -2.32. The van der Waals surface area contributed by atoms with E-state index in [9.17, 15) is 9.59 Å². The van der Waals surface area contributed by atoms with Crippen molar-refractivity contribution < 1.29 is 9.59 Å².